The Balaban J connectivity index is 1.69. The molecule has 0 fully saturated rings. The topological polar surface area (TPSA) is 73.5 Å². The van der Waals surface area contributed by atoms with E-state index < -0.39 is 0 Å². The van der Waals surface area contributed by atoms with Crippen LogP contribution in [0.5, 0.6) is 0 Å². The Morgan fingerprint density at radius 2 is 1.79 bits per heavy atom. The van der Waals surface area contributed by atoms with Gasteiger partial charge in [-0.15, -0.1) is 0 Å². The number of hydrogen-bond donors (Lipinski definition) is 1. The van der Waals surface area contributed by atoms with Gasteiger partial charge in [0.2, 0.25) is 0 Å². The van der Waals surface area contributed by atoms with E-state index in [0.717, 1.165) is 23.7 Å². The zero-order valence-corrected chi connectivity index (χ0v) is 16.7. The van der Waals surface area contributed by atoms with Gasteiger partial charge >= 0.3 is 0 Å². The first-order chi connectivity index (χ1) is 14.0. The van der Waals surface area contributed by atoms with Crippen molar-refractivity contribution in [2.45, 2.75) is 13.5 Å². The van der Waals surface area contributed by atoms with E-state index in [2.05, 4.69) is 22.0 Å². The summed E-state index contributed by atoms with van der Waals surface area (Å²) >= 11 is 0. The first-order valence-electron chi connectivity index (χ1n) is 9.57. The molecule has 0 bridgehead atoms. The maximum Gasteiger partial charge on any atom is 0.270 e. The van der Waals surface area contributed by atoms with Crippen LogP contribution in [0.15, 0.2) is 54.6 Å². The minimum Gasteiger partial charge on any atom is -0.351 e. The standard InChI is InChI=1S/C23H25N3O3/c1-17(28)19-8-9-21-20(14-19)15-22(24-21)23(29)26(12-13-27)11-10-25(2)16-18-6-4-3-5-7-18/h3-9,13-15,24H,10-12,16H2,1-2H3. The smallest absolute Gasteiger partial charge is 0.270 e. The van der Waals surface area contributed by atoms with Gasteiger partial charge in [0.05, 0.1) is 6.54 Å². The van der Waals surface area contributed by atoms with Crippen molar-refractivity contribution in [1.82, 2.24) is 14.8 Å². The van der Waals surface area contributed by atoms with Crippen LogP contribution < -0.4 is 0 Å². The Hall–Kier alpha value is -3.25. The van der Waals surface area contributed by atoms with Crippen LogP contribution in [0.4, 0.5) is 0 Å². The summed E-state index contributed by atoms with van der Waals surface area (Å²) in [5.41, 5.74) is 2.99. The highest BCUT2D eigenvalue weighted by atomic mass is 16.2. The van der Waals surface area contributed by atoms with Gasteiger partial charge in [-0.3, -0.25) is 9.59 Å². The highest BCUT2D eigenvalue weighted by molar-refractivity contribution is 6.02. The summed E-state index contributed by atoms with van der Waals surface area (Å²) in [5, 5.41) is 0.799. The molecular weight excluding hydrogens is 366 g/mol. The second kappa shape index (κ2) is 9.30. The highest BCUT2D eigenvalue weighted by Crippen LogP contribution is 2.19. The largest absolute Gasteiger partial charge is 0.351 e. The molecule has 0 saturated carbocycles. The lowest BCUT2D eigenvalue weighted by atomic mass is 10.1. The predicted octanol–water partition coefficient (Wildman–Crippen LogP) is 3.14. The maximum absolute atomic E-state index is 12.9. The summed E-state index contributed by atoms with van der Waals surface area (Å²) in [6, 6.07) is 17.1. The van der Waals surface area contributed by atoms with Gasteiger partial charge in [-0.1, -0.05) is 30.3 Å². The van der Waals surface area contributed by atoms with E-state index in [9.17, 15) is 14.4 Å². The number of Topliss-reactive ketones (excluding diaryl/α,β-unsaturated/α-hetero) is 1. The van der Waals surface area contributed by atoms with E-state index >= 15 is 0 Å². The van der Waals surface area contributed by atoms with Gasteiger partial charge < -0.3 is 19.6 Å². The number of aromatic amines is 1. The van der Waals surface area contributed by atoms with Crippen molar-refractivity contribution in [2.75, 3.05) is 26.7 Å². The van der Waals surface area contributed by atoms with Crippen molar-refractivity contribution < 1.29 is 14.4 Å². The molecule has 0 unspecified atom stereocenters. The first-order valence-corrected chi connectivity index (χ1v) is 9.57. The summed E-state index contributed by atoms with van der Waals surface area (Å²) in [5.74, 6) is -0.254. The third-order valence-corrected chi connectivity index (χ3v) is 4.89. The van der Waals surface area contributed by atoms with Gasteiger partial charge in [0.1, 0.15) is 12.0 Å². The molecule has 1 heterocycles. The molecule has 6 nitrogen and oxygen atoms in total. The van der Waals surface area contributed by atoms with E-state index in [1.165, 1.54) is 17.4 Å². The van der Waals surface area contributed by atoms with Crippen LogP contribution in [0.2, 0.25) is 0 Å². The molecule has 1 N–H and O–H groups in total. The van der Waals surface area contributed by atoms with Gasteiger partial charge in [-0.05, 0) is 43.8 Å². The van der Waals surface area contributed by atoms with Crippen LogP contribution >= 0.6 is 0 Å². The summed E-state index contributed by atoms with van der Waals surface area (Å²) < 4.78 is 0. The number of nitrogens with zero attached hydrogens (tertiary/aromatic N) is 2. The van der Waals surface area contributed by atoms with Crippen molar-refractivity contribution in [3.63, 3.8) is 0 Å². The van der Waals surface area contributed by atoms with Gasteiger partial charge in [0, 0.05) is 36.1 Å². The number of ketones is 1. The Morgan fingerprint density at radius 3 is 2.48 bits per heavy atom. The predicted molar refractivity (Wildman–Crippen MR) is 113 cm³/mol. The molecule has 1 amide bonds. The van der Waals surface area contributed by atoms with Gasteiger partial charge in [-0.25, -0.2) is 0 Å². The summed E-state index contributed by atoms with van der Waals surface area (Å²) in [4.78, 5) is 42.4. The number of amides is 1. The monoisotopic (exact) mass is 391 g/mol. The summed E-state index contributed by atoms with van der Waals surface area (Å²) in [6.45, 7) is 3.39. The Morgan fingerprint density at radius 1 is 1.03 bits per heavy atom. The zero-order chi connectivity index (χ0) is 20.8. The molecule has 1 aromatic heterocycles. The van der Waals surface area contributed by atoms with E-state index in [1.54, 1.807) is 24.3 Å². The van der Waals surface area contributed by atoms with Crippen molar-refractivity contribution >= 4 is 28.9 Å². The number of hydrogen-bond acceptors (Lipinski definition) is 4. The molecule has 2 aromatic carbocycles. The molecule has 0 aliphatic rings. The van der Waals surface area contributed by atoms with E-state index in [-0.39, 0.29) is 18.2 Å². The van der Waals surface area contributed by atoms with Crippen molar-refractivity contribution in [2.24, 2.45) is 0 Å². The number of fused-ring (bicyclic) bond motifs is 1. The molecule has 0 aliphatic carbocycles. The summed E-state index contributed by atoms with van der Waals surface area (Å²) in [7, 11) is 1.99. The highest BCUT2D eigenvalue weighted by Gasteiger charge is 2.18. The molecule has 0 saturated heterocycles. The number of rotatable bonds is 9. The van der Waals surface area contributed by atoms with Gasteiger partial charge in [0.15, 0.2) is 5.78 Å². The molecule has 0 aliphatic heterocycles. The molecule has 3 aromatic rings. The fourth-order valence-electron chi connectivity index (χ4n) is 3.27. The number of carbonyl (C=O) groups excluding carboxylic acids is 3. The minimum absolute atomic E-state index is 0.0231. The van der Waals surface area contributed by atoms with Crippen LogP contribution in [0, 0.1) is 0 Å². The Labute approximate surface area is 170 Å². The minimum atomic E-state index is -0.231. The molecule has 3 rings (SSSR count). The van der Waals surface area contributed by atoms with E-state index in [4.69, 9.17) is 0 Å². The van der Waals surface area contributed by atoms with Crippen molar-refractivity contribution in [3.05, 3.63) is 71.4 Å². The molecule has 0 radical (unpaired) electrons. The van der Waals surface area contributed by atoms with Crippen LogP contribution in [0.3, 0.4) is 0 Å². The van der Waals surface area contributed by atoms with Crippen LogP contribution in [-0.2, 0) is 11.3 Å². The Kier molecular flexibility index (Phi) is 6.57. The number of nitrogens with one attached hydrogen (secondary N) is 1. The first kappa shape index (κ1) is 20.5. The van der Waals surface area contributed by atoms with E-state index in [1.807, 2.05) is 25.2 Å². The third-order valence-electron chi connectivity index (χ3n) is 4.89. The number of H-pyrrole nitrogens is 1. The lowest BCUT2D eigenvalue weighted by Crippen LogP contribution is -2.38. The fourth-order valence-corrected chi connectivity index (χ4v) is 3.27. The fraction of sp³-hybridized carbons (Fsp3) is 0.261. The SMILES string of the molecule is CC(=O)c1ccc2[nH]c(C(=O)N(CC=O)CCN(C)Cc3ccccc3)cc2c1. The lowest BCUT2D eigenvalue weighted by molar-refractivity contribution is -0.108. The van der Waals surface area contributed by atoms with Crippen LogP contribution in [-0.4, -0.2) is 59.4 Å². The second-order valence-electron chi connectivity index (χ2n) is 7.18. The normalized spacial score (nSPS) is 11.0. The number of aromatic nitrogens is 1. The van der Waals surface area contributed by atoms with Crippen molar-refractivity contribution in [3.8, 4) is 0 Å². The van der Waals surface area contributed by atoms with Gasteiger partial charge in [0.25, 0.3) is 5.91 Å². The molecule has 150 valence electrons. The molecule has 0 atom stereocenters. The average Bonchev–Trinajstić information content (AvgIpc) is 3.14. The number of benzene rings is 2. The van der Waals surface area contributed by atoms with E-state index in [0.29, 0.717) is 24.3 Å². The zero-order valence-electron chi connectivity index (χ0n) is 16.7. The molecule has 6 heteroatoms. The number of likely N-dealkylation sites (N-methyl/N-ethyl adjacent to an activating group) is 1. The molecule has 0 spiro atoms. The summed E-state index contributed by atoms with van der Waals surface area (Å²) in [6.07, 6.45) is 0.742. The number of aldehydes is 1. The maximum atomic E-state index is 12.9. The lowest BCUT2D eigenvalue weighted by Gasteiger charge is -2.23. The molecule has 29 heavy (non-hydrogen) atoms. The van der Waals surface area contributed by atoms with Gasteiger partial charge in [-0.2, -0.15) is 0 Å². The van der Waals surface area contributed by atoms with Crippen LogP contribution in [0.25, 0.3) is 10.9 Å². The quantitative estimate of drug-likeness (QED) is 0.449. The van der Waals surface area contributed by atoms with Crippen molar-refractivity contribution in [1.29, 1.82) is 0 Å². The average molecular weight is 391 g/mol. The molecular formula is C23H25N3O3. The van der Waals surface area contributed by atoms with Crippen LogP contribution in [0.1, 0.15) is 33.3 Å². The number of carbonyl (C=O) groups is 3. The second-order valence-corrected chi connectivity index (χ2v) is 7.18. The third kappa shape index (κ3) is 5.18. The Bertz CT molecular complexity index is 1010.